The summed E-state index contributed by atoms with van der Waals surface area (Å²) in [5, 5.41) is 9.05. The molecule has 4 heterocycles. The highest BCUT2D eigenvalue weighted by molar-refractivity contribution is 7.13. The minimum absolute atomic E-state index is 0. The Labute approximate surface area is 173 Å². The van der Waals surface area contributed by atoms with E-state index in [1.54, 1.807) is 28.6 Å². The lowest BCUT2D eigenvalue weighted by Crippen LogP contribution is -2.48. The van der Waals surface area contributed by atoms with Crippen LogP contribution < -0.4 is 15.5 Å². The quantitative estimate of drug-likeness (QED) is 0.669. The van der Waals surface area contributed by atoms with Crippen molar-refractivity contribution >= 4 is 59.4 Å². The van der Waals surface area contributed by atoms with Gasteiger partial charge in [-0.15, -0.1) is 36.2 Å². The van der Waals surface area contributed by atoms with Crippen LogP contribution >= 0.6 is 36.2 Å². The van der Waals surface area contributed by atoms with Crippen LogP contribution in [0.2, 0.25) is 0 Å². The Morgan fingerprint density at radius 1 is 1.11 bits per heavy atom. The molecule has 0 unspecified atom stereocenters. The van der Waals surface area contributed by atoms with Crippen molar-refractivity contribution in [1.29, 1.82) is 0 Å². The van der Waals surface area contributed by atoms with E-state index in [9.17, 15) is 4.79 Å². The van der Waals surface area contributed by atoms with Crippen molar-refractivity contribution in [3.63, 3.8) is 0 Å². The molecule has 10 heteroatoms. The maximum Gasteiger partial charge on any atom is 0.241 e. The first kappa shape index (κ1) is 21.0. The van der Waals surface area contributed by atoms with Crippen LogP contribution in [0.4, 0.5) is 17.3 Å². The summed E-state index contributed by atoms with van der Waals surface area (Å²) in [5.74, 6) is 1.44. The Morgan fingerprint density at radius 3 is 2.70 bits per heavy atom. The summed E-state index contributed by atoms with van der Waals surface area (Å²) in [6.07, 6.45) is 3.47. The fourth-order valence-electron chi connectivity index (χ4n) is 2.60. The van der Waals surface area contributed by atoms with Crippen LogP contribution in [0.25, 0.3) is 10.7 Å². The van der Waals surface area contributed by atoms with Crippen LogP contribution in [0, 0.1) is 0 Å². The van der Waals surface area contributed by atoms with Crippen molar-refractivity contribution in [2.24, 2.45) is 0 Å². The highest BCUT2D eigenvalue weighted by Gasteiger charge is 2.19. The number of amides is 1. The van der Waals surface area contributed by atoms with Gasteiger partial charge in [0.2, 0.25) is 5.91 Å². The van der Waals surface area contributed by atoms with E-state index in [1.165, 1.54) is 0 Å². The van der Waals surface area contributed by atoms with E-state index < -0.39 is 0 Å². The molecule has 0 spiro atoms. The summed E-state index contributed by atoms with van der Waals surface area (Å²) in [6, 6.07) is 9.48. The lowest BCUT2D eigenvalue weighted by Gasteiger charge is -2.27. The molecule has 3 aromatic rings. The molecule has 142 valence electrons. The lowest BCUT2D eigenvalue weighted by molar-refractivity contribution is -0.118. The van der Waals surface area contributed by atoms with E-state index in [2.05, 4.69) is 25.6 Å². The molecule has 1 amide bonds. The SMILES string of the molecule is Cl.Cl.O=C1CNCCN1c1ccc(Nc2cccc(-c3nccs3)n2)nc1. The van der Waals surface area contributed by atoms with Crippen molar-refractivity contribution in [1.82, 2.24) is 20.3 Å². The molecular weight excluding hydrogens is 407 g/mol. The number of nitrogens with zero attached hydrogens (tertiary/aromatic N) is 4. The summed E-state index contributed by atoms with van der Waals surface area (Å²) >= 11 is 1.55. The lowest BCUT2D eigenvalue weighted by atomic mass is 10.3. The number of pyridine rings is 2. The van der Waals surface area contributed by atoms with E-state index in [-0.39, 0.29) is 30.7 Å². The second-order valence-corrected chi connectivity index (χ2v) is 6.39. The Kier molecular flexibility index (Phi) is 7.49. The van der Waals surface area contributed by atoms with E-state index in [1.807, 2.05) is 35.7 Å². The third-order valence-electron chi connectivity index (χ3n) is 3.81. The highest BCUT2D eigenvalue weighted by Crippen LogP contribution is 2.23. The first-order valence-electron chi connectivity index (χ1n) is 7.91. The van der Waals surface area contributed by atoms with Gasteiger partial charge in [0.05, 0.1) is 18.4 Å². The van der Waals surface area contributed by atoms with Crippen LogP contribution in [0.1, 0.15) is 0 Å². The maximum absolute atomic E-state index is 11.9. The number of halogens is 2. The highest BCUT2D eigenvalue weighted by atomic mass is 35.5. The number of carbonyl (C=O) groups excluding carboxylic acids is 1. The van der Waals surface area contributed by atoms with E-state index in [0.717, 1.165) is 22.9 Å². The summed E-state index contributed by atoms with van der Waals surface area (Å²) in [4.78, 5) is 26.9. The molecule has 0 aliphatic carbocycles. The summed E-state index contributed by atoms with van der Waals surface area (Å²) < 4.78 is 0. The van der Waals surface area contributed by atoms with Gasteiger partial charge in [0.15, 0.2) is 0 Å². The molecule has 1 aliphatic heterocycles. The van der Waals surface area contributed by atoms with Gasteiger partial charge in [0.1, 0.15) is 22.3 Å². The molecule has 7 nitrogen and oxygen atoms in total. The van der Waals surface area contributed by atoms with Gasteiger partial charge in [-0.2, -0.15) is 0 Å². The first-order chi connectivity index (χ1) is 12.3. The molecule has 27 heavy (non-hydrogen) atoms. The molecule has 2 N–H and O–H groups in total. The number of hydrogen-bond acceptors (Lipinski definition) is 7. The topological polar surface area (TPSA) is 83.0 Å². The Hall–Kier alpha value is -2.26. The number of nitrogens with one attached hydrogen (secondary N) is 2. The molecular formula is C17H18Cl2N6OS. The van der Waals surface area contributed by atoms with Crippen LogP contribution in [0.15, 0.2) is 48.1 Å². The Morgan fingerprint density at radius 2 is 2.00 bits per heavy atom. The molecule has 0 radical (unpaired) electrons. The number of thiazole rings is 1. The van der Waals surface area contributed by atoms with Crippen molar-refractivity contribution in [2.45, 2.75) is 0 Å². The average Bonchev–Trinajstić information content (AvgIpc) is 3.18. The number of aromatic nitrogens is 3. The van der Waals surface area contributed by atoms with Crippen molar-refractivity contribution in [3.8, 4) is 10.7 Å². The van der Waals surface area contributed by atoms with Gasteiger partial charge >= 0.3 is 0 Å². The zero-order valence-electron chi connectivity index (χ0n) is 14.2. The van der Waals surface area contributed by atoms with E-state index in [0.29, 0.717) is 24.7 Å². The number of rotatable bonds is 4. The number of piperazine rings is 1. The van der Waals surface area contributed by atoms with Gasteiger partial charge in [-0.25, -0.2) is 15.0 Å². The normalized spacial score (nSPS) is 13.5. The molecule has 0 bridgehead atoms. The van der Waals surface area contributed by atoms with Gasteiger partial charge < -0.3 is 15.5 Å². The standard InChI is InChI=1S/C17H16N6OS.2ClH/c24-16-11-18-6-8-23(16)12-4-5-14(20-10-12)22-15-3-1-2-13(21-15)17-19-7-9-25-17;;/h1-5,7,9-10,18H,6,8,11H2,(H,20,21,22);2*1H. The molecule has 4 rings (SSSR count). The zero-order chi connectivity index (χ0) is 17.1. The van der Waals surface area contributed by atoms with Gasteiger partial charge in [0.25, 0.3) is 0 Å². The predicted molar refractivity (Wildman–Crippen MR) is 113 cm³/mol. The second kappa shape index (κ2) is 9.61. The van der Waals surface area contributed by atoms with Crippen molar-refractivity contribution < 1.29 is 4.79 Å². The van der Waals surface area contributed by atoms with Gasteiger partial charge in [-0.05, 0) is 24.3 Å². The average molecular weight is 425 g/mol. The molecule has 0 aromatic carbocycles. The monoisotopic (exact) mass is 424 g/mol. The maximum atomic E-state index is 11.9. The molecule has 0 saturated carbocycles. The predicted octanol–water partition coefficient (Wildman–Crippen LogP) is 3.12. The minimum Gasteiger partial charge on any atom is -0.325 e. The van der Waals surface area contributed by atoms with Gasteiger partial charge in [-0.3, -0.25) is 4.79 Å². The van der Waals surface area contributed by atoms with Crippen molar-refractivity contribution in [2.75, 3.05) is 29.9 Å². The molecule has 0 atom stereocenters. The number of carbonyl (C=O) groups is 1. The molecule has 1 saturated heterocycles. The fraction of sp³-hybridized carbons (Fsp3) is 0.176. The minimum atomic E-state index is 0. The van der Waals surface area contributed by atoms with Crippen LogP contribution in [-0.4, -0.2) is 40.5 Å². The Bertz CT molecular complexity index is 875. The summed E-state index contributed by atoms with van der Waals surface area (Å²) in [6.45, 7) is 1.82. The molecule has 3 aromatic heterocycles. The van der Waals surface area contributed by atoms with Crippen LogP contribution in [0.3, 0.4) is 0 Å². The van der Waals surface area contributed by atoms with Gasteiger partial charge in [0, 0.05) is 24.7 Å². The fourth-order valence-corrected chi connectivity index (χ4v) is 3.21. The van der Waals surface area contributed by atoms with E-state index in [4.69, 9.17) is 0 Å². The van der Waals surface area contributed by atoms with Crippen LogP contribution in [0.5, 0.6) is 0 Å². The third kappa shape index (κ3) is 4.92. The summed E-state index contributed by atoms with van der Waals surface area (Å²) in [5.41, 5.74) is 1.63. The Balaban J connectivity index is 0.00000131. The number of hydrogen-bond donors (Lipinski definition) is 2. The smallest absolute Gasteiger partial charge is 0.241 e. The molecule has 1 fully saturated rings. The largest absolute Gasteiger partial charge is 0.325 e. The second-order valence-electron chi connectivity index (χ2n) is 5.49. The first-order valence-corrected chi connectivity index (χ1v) is 8.79. The number of anilines is 3. The van der Waals surface area contributed by atoms with Gasteiger partial charge in [-0.1, -0.05) is 6.07 Å². The van der Waals surface area contributed by atoms with E-state index >= 15 is 0 Å². The third-order valence-corrected chi connectivity index (χ3v) is 4.60. The summed E-state index contributed by atoms with van der Waals surface area (Å²) in [7, 11) is 0. The molecule has 1 aliphatic rings. The van der Waals surface area contributed by atoms with Crippen molar-refractivity contribution in [3.05, 3.63) is 48.1 Å². The van der Waals surface area contributed by atoms with Crippen LogP contribution in [-0.2, 0) is 4.79 Å². The zero-order valence-corrected chi connectivity index (χ0v) is 16.6.